The lowest BCUT2D eigenvalue weighted by Gasteiger charge is -2.17. The van der Waals surface area contributed by atoms with Gasteiger partial charge >= 0.3 is 0 Å². The van der Waals surface area contributed by atoms with Crippen molar-refractivity contribution in [2.24, 2.45) is 0 Å². The van der Waals surface area contributed by atoms with Crippen molar-refractivity contribution in [2.75, 3.05) is 7.05 Å². The molecule has 3 aromatic rings. The van der Waals surface area contributed by atoms with Gasteiger partial charge in [0.05, 0.1) is 23.8 Å². The third-order valence-corrected chi connectivity index (χ3v) is 4.46. The Balaban J connectivity index is 1.82. The highest BCUT2D eigenvalue weighted by Crippen LogP contribution is 2.12. The van der Waals surface area contributed by atoms with E-state index in [0.29, 0.717) is 17.6 Å². The van der Waals surface area contributed by atoms with Crippen LogP contribution in [0.25, 0.3) is 11.0 Å². The summed E-state index contributed by atoms with van der Waals surface area (Å²) in [7, 11) is 1.72. The van der Waals surface area contributed by atoms with Crippen molar-refractivity contribution >= 4 is 28.3 Å². The maximum atomic E-state index is 12.4. The molecule has 2 aromatic heterocycles. The zero-order valence-corrected chi connectivity index (χ0v) is 13.7. The highest BCUT2D eigenvalue weighted by atomic mass is 32.1. The van der Waals surface area contributed by atoms with Crippen LogP contribution in [0.3, 0.4) is 0 Å². The molecule has 0 aliphatic heterocycles. The Hall–Kier alpha value is -2.54. The Labute approximate surface area is 137 Å². The molecular weight excluding hydrogens is 312 g/mol. The number of benzene rings is 1. The fourth-order valence-electron chi connectivity index (χ4n) is 2.30. The first-order valence-electron chi connectivity index (χ1n) is 7.14. The molecule has 2 heterocycles. The predicted octanol–water partition coefficient (Wildman–Crippen LogP) is 1.82. The molecule has 0 aliphatic rings. The van der Waals surface area contributed by atoms with Gasteiger partial charge in [0.25, 0.3) is 5.56 Å². The molecule has 0 fully saturated rings. The lowest BCUT2D eigenvalue weighted by atomic mass is 10.3. The minimum absolute atomic E-state index is 0.0112. The molecule has 0 spiro atoms. The molecule has 0 aliphatic carbocycles. The molecule has 0 unspecified atom stereocenters. The Morgan fingerprint density at radius 2 is 2.13 bits per heavy atom. The van der Waals surface area contributed by atoms with Gasteiger partial charge in [-0.05, 0) is 19.1 Å². The summed E-state index contributed by atoms with van der Waals surface area (Å²) in [6.07, 6.45) is 1.25. The first kappa shape index (κ1) is 15.4. The molecule has 118 valence electrons. The molecule has 3 rings (SSSR count). The van der Waals surface area contributed by atoms with Crippen molar-refractivity contribution < 1.29 is 4.79 Å². The van der Waals surface area contributed by atoms with Crippen LogP contribution < -0.4 is 5.56 Å². The number of rotatable bonds is 4. The number of para-hydroxylation sites is 2. The molecule has 1 aromatic carbocycles. The van der Waals surface area contributed by atoms with Crippen LogP contribution in [0.2, 0.25) is 0 Å². The van der Waals surface area contributed by atoms with Gasteiger partial charge < -0.3 is 4.90 Å². The maximum Gasteiger partial charge on any atom is 0.269 e. The Morgan fingerprint density at radius 3 is 2.87 bits per heavy atom. The van der Waals surface area contributed by atoms with E-state index in [0.717, 1.165) is 10.7 Å². The van der Waals surface area contributed by atoms with Gasteiger partial charge in [-0.3, -0.25) is 14.2 Å². The average molecular weight is 328 g/mol. The summed E-state index contributed by atoms with van der Waals surface area (Å²) >= 11 is 1.52. The van der Waals surface area contributed by atoms with Crippen LogP contribution in [0.15, 0.2) is 40.6 Å². The molecule has 0 atom stereocenters. The summed E-state index contributed by atoms with van der Waals surface area (Å²) in [6, 6.07) is 7.29. The van der Waals surface area contributed by atoms with Gasteiger partial charge in [-0.1, -0.05) is 12.1 Å². The van der Waals surface area contributed by atoms with Crippen molar-refractivity contribution in [3.05, 3.63) is 56.9 Å². The van der Waals surface area contributed by atoms with Gasteiger partial charge in [0.15, 0.2) is 0 Å². The van der Waals surface area contributed by atoms with Crippen LogP contribution in [0, 0.1) is 6.92 Å². The first-order chi connectivity index (χ1) is 11.0. The van der Waals surface area contributed by atoms with Crippen LogP contribution in [0.4, 0.5) is 0 Å². The molecule has 0 saturated carbocycles. The minimum Gasteiger partial charge on any atom is -0.337 e. The molecule has 6 nitrogen and oxygen atoms in total. The van der Waals surface area contributed by atoms with Gasteiger partial charge in [0, 0.05) is 18.1 Å². The second-order valence-corrected chi connectivity index (χ2v) is 6.25. The van der Waals surface area contributed by atoms with E-state index in [4.69, 9.17) is 0 Å². The first-order valence-corrected chi connectivity index (χ1v) is 8.02. The van der Waals surface area contributed by atoms with Crippen LogP contribution >= 0.6 is 11.3 Å². The quantitative estimate of drug-likeness (QED) is 0.732. The number of hydrogen-bond acceptors (Lipinski definition) is 5. The zero-order valence-electron chi connectivity index (χ0n) is 12.9. The van der Waals surface area contributed by atoms with Gasteiger partial charge in [0.1, 0.15) is 11.6 Å². The normalized spacial score (nSPS) is 10.9. The van der Waals surface area contributed by atoms with Gasteiger partial charge in [-0.25, -0.2) is 9.97 Å². The number of hydrogen-bond donors (Lipinski definition) is 0. The Morgan fingerprint density at radius 1 is 1.35 bits per heavy atom. The van der Waals surface area contributed by atoms with E-state index in [1.54, 1.807) is 18.0 Å². The molecule has 0 saturated heterocycles. The topological polar surface area (TPSA) is 68.1 Å². The number of aromatic nitrogens is 3. The number of carbonyl (C=O) groups is 1. The standard InChI is InChI=1S/C16H16N4O2S/c1-11-10-23-14(18-11)8-19(2)16(22)9-20-13-6-4-3-5-12(13)17-7-15(20)21/h3-7,10H,8-9H2,1-2H3. The molecule has 0 radical (unpaired) electrons. The SMILES string of the molecule is Cc1csc(CN(C)C(=O)Cn2c(=O)cnc3ccccc32)n1. The zero-order chi connectivity index (χ0) is 16.4. The molecule has 1 amide bonds. The monoisotopic (exact) mass is 328 g/mol. The molecule has 23 heavy (non-hydrogen) atoms. The number of fused-ring (bicyclic) bond motifs is 1. The summed E-state index contributed by atoms with van der Waals surface area (Å²) in [5.74, 6) is -0.142. The summed E-state index contributed by atoms with van der Waals surface area (Å²) < 4.78 is 1.45. The third-order valence-electron chi connectivity index (χ3n) is 3.51. The van der Waals surface area contributed by atoms with Crippen LogP contribution in [0.5, 0.6) is 0 Å². The smallest absolute Gasteiger partial charge is 0.269 e. The predicted molar refractivity (Wildman–Crippen MR) is 89.3 cm³/mol. The minimum atomic E-state index is -0.282. The summed E-state index contributed by atoms with van der Waals surface area (Å²) in [4.78, 5) is 34.5. The second-order valence-electron chi connectivity index (χ2n) is 5.30. The van der Waals surface area contributed by atoms with Crippen LogP contribution in [-0.4, -0.2) is 32.4 Å². The van der Waals surface area contributed by atoms with E-state index >= 15 is 0 Å². The Kier molecular flexibility index (Phi) is 4.20. The van der Waals surface area contributed by atoms with Gasteiger partial charge in [0.2, 0.25) is 5.91 Å². The van der Waals surface area contributed by atoms with Crippen molar-refractivity contribution in [1.29, 1.82) is 0 Å². The number of aryl methyl sites for hydroxylation is 1. The van der Waals surface area contributed by atoms with E-state index in [-0.39, 0.29) is 18.0 Å². The van der Waals surface area contributed by atoms with E-state index in [2.05, 4.69) is 9.97 Å². The number of carbonyl (C=O) groups excluding carboxylic acids is 1. The molecule has 0 bridgehead atoms. The largest absolute Gasteiger partial charge is 0.337 e. The maximum absolute atomic E-state index is 12.4. The lowest BCUT2D eigenvalue weighted by molar-refractivity contribution is -0.131. The number of thiazole rings is 1. The average Bonchev–Trinajstić information content (AvgIpc) is 2.95. The Bertz CT molecular complexity index is 916. The van der Waals surface area contributed by atoms with Crippen molar-refractivity contribution in [3.8, 4) is 0 Å². The van der Waals surface area contributed by atoms with E-state index < -0.39 is 0 Å². The lowest BCUT2D eigenvalue weighted by Crippen LogP contribution is -2.33. The third kappa shape index (κ3) is 3.29. The summed E-state index contributed by atoms with van der Waals surface area (Å²) in [5.41, 5.74) is 2.02. The highest BCUT2D eigenvalue weighted by Gasteiger charge is 2.14. The molecular formula is C16H16N4O2S. The van der Waals surface area contributed by atoms with Crippen molar-refractivity contribution in [2.45, 2.75) is 20.0 Å². The fourth-order valence-corrected chi connectivity index (χ4v) is 3.12. The van der Waals surface area contributed by atoms with Crippen molar-refractivity contribution in [3.63, 3.8) is 0 Å². The highest BCUT2D eigenvalue weighted by molar-refractivity contribution is 7.09. The summed E-state index contributed by atoms with van der Waals surface area (Å²) in [5, 5.41) is 2.83. The number of likely N-dealkylation sites (N-methyl/N-ethyl adjacent to an activating group) is 1. The molecule has 7 heteroatoms. The second kappa shape index (κ2) is 6.29. The molecule has 0 N–H and O–H groups in total. The summed E-state index contributed by atoms with van der Waals surface area (Å²) in [6.45, 7) is 2.35. The van der Waals surface area contributed by atoms with Crippen LogP contribution in [0.1, 0.15) is 10.7 Å². The van der Waals surface area contributed by atoms with E-state index in [1.165, 1.54) is 22.1 Å². The van der Waals surface area contributed by atoms with Gasteiger partial charge in [-0.15, -0.1) is 11.3 Å². The van der Waals surface area contributed by atoms with E-state index in [9.17, 15) is 9.59 Å². The van der Waals surface area contributed by atoms with E-state index in [1.807, 2.05) is 30.5 Å². The number of nitrogens with zero attached hydrogens (tertiary/aromatic N) is 4. The fraction of sp³-hybridized carbons (Fsp3) is 0.250. The number of amides is 1. The van der Waals surface area contributed by atoms with Crippen molar-refractivity contribution in [1.82, 2.24) is 19.4 Å². The van der Waals surface area contributed by atoms with Gasteiger partial charge in [-0.2, -0.15) is 0 Å². The van der Waals surface area contributed by atoms with Crippen LogP contribution in [-0.2, 0) is 17.9 Å².